The number of allylic oxidation sites excluding steroid dienone is 4. The minimum atomic E-state index is -0.0955. The van der Waals surface area contributed by atoms with Gasteiger partial charge in [-0.3, -0.25) is 9.36 Å². The average molecular weight is 401 g/mol. The maximum atomic E-state index is 13.6. The van der Waals surface area contributed by atoms with E-state index < -0.39 is 0 Å². The predicted octanol–water partition coefficient (Wildman–Crippen LogP) is 5.89. The van der Waals surface area contributed by atoms with Gasteiger partial charge in [-0.25, -0.2) is 4.98 Å². The lowest BCUT2D eigenvalue weighted by molar-refractivity contribution is 0.476. The molecule has 0 radical (unpaired) electrons. The number of hydrogen-bond donors (Lipinski definition) is 1. The fraction of sp³-hybridized carbons (Fsp3) is 0.231. The van der Waals surface area contributed by atoms with Gasteiger partial charge in [-0.15, -0.1) is 0 Å². The second-order valence-corrected chi connectivity index (χ2v) is 7.16. The van der Waals surface area contributed by atoms with Crippen molar-refractivity contribution in [1.82, 2.24) is 9.55 Å². The van der Waals surface area contributed by atoms with Gasteiger partial charge in [0.15, 0.2) is 0 Å². The van der Waals surface area contributed by atoms with Crippen LogP contribution in [0.4, 0.5) is 0 Å². The summed E-state index contributed by atoms with van der Waals surface area (Å²) in [6.07, 6.45) is 7.95. The molecule has 4 nitrogen and oxygen atoms in total. The van der Waals surface area contributed by atoms with Crippen LogP contribution in [0.5, 0.6) is 5.75 Å². The van der Waals surface area contributed by atoms with Crippen LogP contribution >= 0.6 is 0 Å². The molecule has 0 fully saturated rings. The van der Waals surface area contributed by atoms with E-state index >= 15 is 0 Å². The van der Waals surface area contributed by atoms with Gasteiger partial charge < -0.3 is 5.11 Å². The van der Waals surface area contributed by atoms with E-state index in [9.17, 15) is 9.90 Å². The van der Waals surface area contributed by atoms with Crippen LogP contribution in [0, 0.1) is 6.92 Å². The largest absolute Gasteiger partial charge is 0.507 e. The number of phenolic OH excluding ortho intramolecular Hbond substituents is 1. The molecule has 0 bridgehead atoms. The highest BCUT2D eigenvalue weighted by Crippen LogP contribution is 2.29. The van der Waals surface area contributed by atoms with E-state index in [1.807, 2.05) is 50.2 Å². The van der Waals surface area contributed by atoms with Crippen molar-refractivity contribution in [3.8, 4) is 28.3 Å². The molecular formula is C26H28N2O2. The third kappa shape index (κ3) is 4.60. The van der Waals surface area contributed by atoms with E-state index in [0.717, 1.165) is 17.6 Å². The van der Waals surface area contributed by atoms with Crippen molar-refractivity contribution in [2.24, 2.45) is 0 Å². The first-order chi connectivity index (χ1) is 14.6. The van der Waals surface area contributed by atoms with Crippen LogP contribution in [0.25, 0.3) is 22.5 Å². The first-order valence-corrected chi connectivity index (χ1v) is 10.3. The molecule has 0 aliphatic carbocycles. The number of nitrogens with zero attached hydrogens (tertiary/aromatic N) is 2. The van der Waals surface area contributed by atoms with Crippen molar-refractivity contribution >= 4 is 0 Å². The second kappa shape index (κ2) is 9.88. The summed E-state index contributed by atoms with van der Waals surface area (Å²) in [4.78, 5) is 18.4. The third-order valence-corrected chi connectivity index (χ3v) is 5.12. The smallest absolute Gasteiger partial charge is 0.261 e. The summed E-state index contributed by atoms with van der Waals surface area (Å²) >= 11 is 0. The molecule has 0 spiro atoms. The maximum absolute atomic E-state index is 13.6. The molecule has 1 N–H and O–H groups in total. The Kier molecular flexibility index (Phi) is 7.02. The summed E-state index contributed by atoms with van der Waals surface area (Å²) in [6, 6.07) is 16.6. The normalized spacial score (nSPS) is 11.9. The zero-order valence-corrected chi connectivity index (χ0v) is 17.8. The minimum absolute atomic E-state index is 0.0955. The van der Waals surface area contributed by atoms with Gasteiger partial charge in [0.1, 0.15) is 11.6 Å². The Morgan fingerprint density at radius 1 is 1.10 bits per heavy atom. The summed E-state index contributed by atoms with van der Waals surface area (Å²) in [5, 5.41) is 10.4. The lowest BCUT2D eigenvalue weighted by atomic mass is 10.0. The molecule has 0 saturated heterocycles. The highest BCUT2D eigenvalue weighted by molar-refractivity contribution is 5.69. The number of benzene rings is 2. The molecule has 0 aliphatic rings. The van der Waals surface area contributed by atoms with Crippen LogP contribution < -0.4 is 5.56 Å². The SMILES string of the molecule is C/C=C(\C=C/CC)CCn1c(-c2ccccc2O)nc(C)c(-c2ccccc2)c1=O. The molecule has 0 unspecified atom stereocenters. The fourth-order valence-corrected chi connectivity index (χ4v) is 3.51. The van der Waals surface area contributed by atoms with Crippen LogP contribution in [0.1, 0.15) is 32.4 Å². The monoisotopic (exact) mass is 400 g/mol. The Bertz CT molecular complexity index is 1130. The number of aryl methyl sites for hydroxylation is 1. The van der Waals surface area contributed by atoms with Gasteiger partial charge >= 0.3 is 0 Å². The second-order valence-electron chi connectivity index (χ2n) is 7.16. The summed E-state index contributed by atoms with van der Waals surface area (Å²) in [5.41, 5.74) is 3.72. The lowest BCUT2D eigenvalue weighted by Gasteiger charge is -2.17. The Labute approximate surface area is 177 Å². The first-order valence-electron chi connectivity index (χ1n) is 10.3. The van der Waals surface area contributed by atoms with Crippen LogP contribution in [0.15, 0.2) is 83.2 Å². The Balaban J connectivity index is 2.17. The molecule has 30 heavy (non-hydrogen) atoms. The minimum Gasteiger partial charge on any atom is -0.507 e. The summed E-state index contributed by atoms with van der Waals surface area (Å²) in [6.45, 7) is 6.42. The molecule has 1 aromatic heterocycles. The molecule has 3 rings (SSSR count). The fourth-order valence-electron chi connectivity index (χ4n) is 3.51. The average Bonchev–Trinajstić information content (AvgIpc) is 2.76. The van der Waals surface area contributed by atoms with Crippen molar-refractivity contribution in [3.05, 3.63) is 94.4 Å². The lowest BCUT2D eigenvalue weighted by Crippen LogP contribution is -2.26. The van der Waals surface area contributed by atoms with Crippen molar-refractivity contribution < 1.29 is 5.11 Å². The van der Waals surface area contributed by atoms with E-state index in [1.54, 1.807) is 22.8 Å². The summed E-state index contributed by atoms with van der Waals surface area (Å²) in [7, 11) is 0. The van der Waals surface area contributed by atoms with Gasteiger partial charge in [0.25, 0.3) is 5.56 Å². The molecule has 154 valence electrons. The van der Waals surface area contributed by atoms with Gasteiger partial charge in [0, 0.05) is 6.54 Å². The molecule has 1 heterocycles. The highest BCUT2D eigenvalue weighted by Gasteiger charge is 2.18. The van der Waals surface area contributed by atoms with E-state index in [-0.39, 0.29) is 11.3 Å². The quantitative estimate of drug-likeness (QED) is 0.503. The number of para-hydroxylation sites is 1. The van der Waals surface area contributed by atoms with Crippen LogP contribution in [-0.4, -0.2) is 14.7 Å². The Hall–Kier alpha value is -3.40. The van der Waals surface area contributed by atoms with Gasteiger partial charge in [-0.05, 0) is 44.4 Å². The molecule has 3 aromatic rings. The first kappa shape index (κ1) is 21.3. The van der Waals surface area contributed by atoms with Crippen LogP contribution in [0.3, 0.4) is 0 Å². The molecule has 0 amide bonds. The van der Waals surface area contributed by atoms with Gasteiger partial charge in [0.05, 0.1) is 16.8 Å². The molecule has 0 saturated carbocycles. The number of hydrogen-bond acceptors (Lipinski definition) is 3. The Morgan fingerprint density at radius 2 is 1.80 bits per heavy atom. The topological polar surface area (TPSA) is 55.1 Å². The van der Waals surface area contributed by atoms with E-state index in [4.69, 9.17) is 4.98 Å². The van der Waals surface area contributed by atoms with E-state index in [2.05, 4.69) is 25.2 Å². The number of rotatable bonds is 7. The standard InChI is InChI=1S/C26H28N2O2/c1-4-6-12-20(5-2)17-18-28-25(22-15-10-11-16-23(22)29)27-19(3)24(26(28)30)21-13-8-7-9-14-21/h5-16,29H,4,17-18H2,1-3H3/b12-6-,20-5+. The van der Waals surface area contributed by atoms with Gasteiger partial charge in [-0.2, -0.15) is 0 Å². The summed E-state index contributed by atoms with van der Waals surface area (Å²) < 4.78 is 1.69. The third-order valence-electron chi connectivity index (χ3n) is 5.12. The molecule has 4 heteroatoms. The zero-order valence-electron chi connectivity index (χ0n) is 17.8. The summed E-state index contributed by atoms with van der Waals surface area (Å²) in [5.74, 6) is 0.604. The number of aromatic nitrogens is 2. The van der Waals surface area contributed by atoms with Crippen molar-refractivity contribution in [3.63, 3.8) is 0 Å². The van der Waals surface area contributed by atoms with Crippen molar-refractivity contribution in [2.75, 3.05) is 0 Å². The molecule has 2 aromatic carbocycles. The van der Waals surface area contributed by atoms with Gasteiger partial charge in [-0.1, -0.05) is 73.2 Å². The van der Waals surface area contributed by atoms with E-state index in [0.29, 0.717) is 35.6 Å². The van der Waals surface area contributed by atoms with Crippen molar-refractivity contribution in [2.45, 2.75) is 40.2 Å². The Morgan fingerprint density at radius 3 is 2.47 bits per heavy atom. The zero-order chi connectivity index (χ0) is 21.5. The number of phenols is 1. The van der Waals surface area contributed by atoms with Crippen LogP contribution in [-0.2, 0) is 6.54 Å². The molecule has 0 aliphatic heterocycles. The molecular weight excluding hydrogens is 372 g/mol. The van der Waals surface area contributed by atoms with Gasteiger partial charge in [0.2, 0.25) is 0 Å². The van der Waals surface area contributed by atoms with E-state index in [1.165, 1.54) is 0 Å². The number of aromatic hydroxyl groups is 1. The highest BCUT2D eigenvalue weighted by atomic mass is 16.3. The maximum Gasteiger partial charge on any atom is 0.261 e. The predicted molar refractivity (Wildman–Crippen MR) is 124 cm³/mol. The van der Waals surface area contributed by atoms with Crippen LogP contribution in [0.2, 0.25) is 0 Å². The molecule has 0 atom stereocenters. The van der Waals surface area contributed by atoms with Crippen molar-refractivity contribution in [1.29, 1.82) is 0 Å².